The fourth-order valence-electron chi connectivity index (χ4n) is 2.55. The summed E-state index contributed by atoms with van der Waals surface area (Å²) in [5, 5.41) is 4.66. The first-order valence-electron chi connectivity index (χ1n) is 8.76. The maximum atomic E-state index is 11.8. The molecule has 0 bridgehead atoms. The molecule has 2 aromatic carbocycles. The summed E-state index contributed by atoms with van der Waals surface area (Å²) < 4.78 is 15.4. The van der Waals surface area contributed by atoms with E-state index in [1.807, 2.05) is 36.4 Å². The largest absolute Gasteiger partial charge is 0.456 e. The Bertz CT molecular complexity index is 853. The topological polar surface area (TPSA) is 103 Å². The van der Waals surface area contributed by atoms with Crippen molar-refractivity contribution in [3.05, 3.63) is 59.7 Å². The molecule has 2 aromatic rings. The van der Waals surface area contributed by atoms with Crippen LogP contribution < -0.4 is 20.1 Å². The molecule has 0 aromatic heterocycles. The molecule has 3 rings (SSSR count). The molecule has 0 spiro atoms. The van der Waals surface area contributed by atoms with E-state index >= 15 is 0 Å². The van der Waals surface area contributed by atoms with Gasteiger partial charge >= 0.3 is 12.0 Å². The number of carbonyl (C=O) groups excluding carboxylic acids is 3. The van der Waals surface area contributed by atoms with Gasteiger partial charge in [-0.2, -0.15) is 0 Å². The summed E-state index contributed by atoms with van der Waals surface area (Å²) in [6, 6.07) is 14.0. The number of aryl methyl sites for hydroxylation is 1. The molecule has 0 saturated carbocycles. The van der Waals surface area contributed by atoms with Crippen LogP contribution in [0.1, 0.15) is 17.5 Å². The van der Waals surface area contributed by atoms with Gasteiger partial charge in [-0.15, -0.1) is 0 Å². The molecule has 1 aliphatic rings. The number of esters is 1. The average molecular weight is 384 g/mol. The third-order valence-corrected chi connectivity index (χ3v) is 3.97. The van der Waals surface area contributed by atoms with Crippen LogP contribution in [0, 0.1) is 0 Å². The third-order valence-electron chi connectivity index (χ3n) is 3.97. The van der Waals surface area contributed by atoms with Gasteiger partial charge in [0, 0.05) is 13.0 Å². The van der Waals surface area contributed by atoms with Crippen molar-refractivity contribution in [2.45, 2.75) is 19.4 Å². The van der Waals surface area contributed by atoms with Crippen LogP contribution in [-0.4, -0.2) is 31.3 Å². The SMILES string of the molecule is O=C(COC(=O)CCc1ccc2c(c1)OCO2)NC(=O)NCc1ccccc1. The van der Waals surface area contributed by atoms with Crippen molar-refractivity contribution in [1.82, 2.24) is 10.6 Å². The third kappa shape index (κ3) is 5.73. The van der Waals surface area contributed by atoms with E-state index < -0.39 is 24.5 Å². The Morgan fingerprint density at radius 1 is 0.964 bits per heavy atom. The number of fused-ring (bicyclic) bond motifs is 1. The molecule has 0 aliphatic carbocycles. The average Bonchev–Trinajstić information content (AvgIpc) is 3.18. The van der Waals surface area contributed by atoms with Crippen molar-refractivity contribution in [2.75, 3.05) is 13.4 Å². The maximum absolute atomic E-state index is 11.8. The summed E-state index contributed by atoms with van der Waals surface area (Å²) in [7, 11) is 0. The molecular formula is C20H20N2O6. The van der Waals surface area contributed by atoms with Gasteiger partial charge in [0.2, 0.25) is 6.79 Å². The van der Waals surface area contributed by atoms with Gasteiger partial charge in [0.15, 0.2) is 18.1 Å². The van der Waals surface area contributed by atoms with Crippen molar-refractivity contribution in [2.24, 2.45) is 0 Å². The van der Waals surface area contributed by atoms with Crippen molar-refractivity contribution in [1.29, 1.82) is 0 Å². The fourth-order valence-corrected chi connectivity index (χ4v) is 2.55. The molecule has 1 heterocycles. The standard InChI is InChI=1S/C20H20N2O6/c23-18(22-20(25)21-11-15-4-2-1-3-5-15)12-26-19(24)9-7-14-6-8-16-17(10-14)28-13-27-16/h1-6,8,10H,7,9,11-13H2,(H2,21,22,23,25). The molecule has 8 heteroatoms. The number of hydrogen-bond donors (Lipinski definition) is 2. The summed E-state index contributed by atoms with van der Waals surface area (Å²) in [4.78, 5) is 35.2. The normalized spacial score (nSPS) is 11.6. The zero-order chi connectivity index (χ0) is 19.8. The quantitative estimate of drug-likeness (QED) is 0.707. The summed E-state index contributed by atoms with van der Waals surface area (Å²) in [6.07, 6.45) is 0.543. The minimum Gasteiger partial charge on any atom is -0.456 e. The molecule has 0 unspecified atom stereocenters. The molecule has 0 atom stereocenters. The first-order valence-corrected chi connectivity index (χ1v) is 8.76. The molecule has 8 nitrogen and oxygen atoms in total. The molecule has 1 aliphatic heterocycles. The second-order valence-corrected chi connectivity index (χ2v) is 6.06. The maximum Gasteiger partial charge on any atom is 0.321 e. The first kappa shape index (κ1) is 19.2. The van der Waals surface area contributed by atoms with E-state index in [1.165, 1.54) is 0 Å². The van der Waals surface area contributed by atoms with Crippen LogP contribution in [0.5, 0.6) is 11.5 Å². The van der Waals surface area contributed by atoms with E-state index in [-0.39, 0.29) is 19.8 Å². The lowest BCUT2D eigenvalue weighted by molar-refractivity contribution is -0.148. The Balaban J connectivity index is 1.32. The van der Waals surface area contributed by atoms with Crippen LogP contribution in [-0.2, 0) is 27.3 Å². The second kappa shape index (κ2) is 9.40. The van der Waals surface area contributed by atoms with E-state index in [2.05, 4.69) is 10.6 Å². The molecule has 146 valence electrons. The molecular weight excluding hydrogens is 364 g/mol. The zero-order valence-corrected chi connectivity index (χ0v) is 15.1. The van der Waals surface area contributed by atoms with Gasteiger partial charge in [-0.3, -0.25) is 14.9 Å². The minimum absolute atomic E-state index is 0.104. The summed E-state index contributed by atoms with van der Waals surface area (Å²) >= 11 is 0. The van der Waals surface area contributed by atoms with Crippen molar-refractivity contribution in [3.8, 4) is 11.5 Å². The Labute approximate surface area is 161 Å². The van der Waals surface area contributed by atoms with E-state index in [4.69, 9.17) is 14.2 Å². The second-order valence-electron chi connectivity index (χ2n) is 6.06. The van der Waals surface area contributed by atoms with Crippen molar-refractivity contribution < 1.29 is 28.6 Å². The van der Waals surface area contributed by atoms with Crippen LogP contribution >= 0.6 is 0 Å². The number of rotatable bonds is 7. The fraction of sp³-hybridized carbons (Fsp3) is 0.250. The number of ether oxygens (including phenoxy) is 3. The van der Waals surface area contributed by atoms with Gasteiger partial charge in [0.25, 0.3) is 5.91 Å². The van der Waals surface area contributed by atoms with Gasteiger partial charge < -0.3 is 19.5 Å². The van der Waals surface area contributed by atoms with E-state index in [1.54, 1.807) is 12.1 Å². The predicted octanol–water partition coefficient (Wildman–Crippen LogP) is 1.92. The number of benzene rings is 2. The number of amides is 3. The molecule has 3 amide bonds. The zero-order valence-electron chi connectivity index (χ0n) is 15.1. The van der Waals surface area contributed by atoms with E-state index in [0.717, 1.165) is 11.1 Å². The summed E-state index contributed by atoms with van der Waals surface area (Å²) in [6.45, 7) is -0.0388. The highest BCUT2D eigenvalue weighted by molar-refractivity contribution is 5.95. The van der Waals surface area contributed by atoms with Gasteiger partial charge in [0.1, 0.15) is 0 Å². The van der Waals surface area contributed by atoms with E-state index in [0.29, 0.717) is 17.9 Å². The lowest BCUT2D eigenvalue weighted by Crippen LogP contribution is -2.41. The Hall–Kier alpha value is -3.55. The molecule has 2 N–H and O–H groups in total. The molecule has 0 saturated heterocycles. The number of nitrogens with one attached hydrogen (secondary N) is 2. The van der Waals surface area contributed by atoms with Gasteiger partial charge in [-0.25, -0.2) is 4.79 Å². The Kier molecular flexibility index (Phi) is 6.46. The van der Waals surface area contributed by atoms with Gasteiger partial charge in [0.05, 0.1) is 0 Å². The summed E-state index contributed by atoms with van der Waals surface area (Å²) in [5.41, 5.74) is 1.80. The highest BCUT2D eigenvalue weighted by Crippen LogP contribution is 2.32. The smallest absolute Gasteiger partial charge is 0.321 e. The monoisotopic (exact) mass is 384 g/mol. The van der Waals surface area contributed by atoms with Crippen LogP contribution in [0.4, 0.5) is 4.79 Å². The summed E-state index contributed by atoms with van der Waals surface area (Å²) in [5.74, 6) is 0.0970. The predicted molar refractivity (Wildman–Crippen MR) is 98.7 cm³/mol. The molecule has 0 fully saturated rings. The van der Waals surface area contributed by atoms with Crippen LogP contribution in [0.3, 0.4) is 0 Å². The molecule has 0 radical (unpaired) electrons. The van der Waals surface area contributed by atoms with E-state index in [9.17, 15) is 14.4 Å². The van der Waals surface area contributed by atoms with Crippen LogP contribution in [0.25, 0.3) is 0 Å². The van der Waals surface area contributed by atoms with Gasteiger partial charge in [-0.1, -0.05) is 36.4 Å². The van der Waals surface area contributed by atoms with Crippen molar-refractivity contribution in [3.63, 3.8) is 0 Å². The highest BCUT2D eigenvalue weighted by Gasteiger charge is 2.15. The number of carbonyl (C=O) groups is 3. The lowest BCUT2D eigenvalue weighted by atomic mass is 10.1. The first-order chi connectivity index (χ1) is 13.6. The Morgan fingerprint density at radius 2 is 1.75 bits per heavy atom. The minimum atomic E-state index is -0.693. The van der Waals surface area contributed by atoms with Crippen molar-refractivity contribution >= 4 is 17.9 Å². The lowest BCUT2D eigenvalue weighted by Gasteiger charge is -2.08. The molecule has 28 heavy (non-hydrogen) atoms. The number of imide groups is 1. The highest BCUT2D eigenvalue weighted by atomic mass is 16.7. The number of urea groups is 1. The Morgan fingerprint density at radius 3 is 2.57 bits per heavy atom. The van der Waals surface area contributed by atoms with Crippen LogP contribution in [0.15, 0.2) is 48.5 Å². The number of hydrogen-bond acceptors (Lipinski definition) is 6. The van der Waals surface area contributed by atoms with Gasteiger partial charge in [-0.05, 0) is 29.7 Å². The van der Waals surface area contributed by atoms with Crippen LogP contribution in [0.2, 0.25) is 0 Å².